The highest BCUT2D eigenvalue weighted by molar-refractivity contribution is 6.06. The maximum atomic E-state index is 12.5. The van der Waals surface area contributed by atoms with Crippen LogP contribution in [0.3, 0.4) is 0 Å². The first-order chi connectivity index (χ1) is 12.1. The highest BCUT2D eigenvalue weighted by Gasteiger charge is 2.61. The minimum Gasteiger partial charge on any atom is -0.444 e. The summed E-state index contributed by atoms with van der Waals surface area (Å²) >= 11 is 0. The van der Waals surface area contributed by atoms with Gasteiger partial charge in [0.25, 0.3) is 11.8 Å². The van der Waals surface area contributed by atoms with E-state index in [1.807, 2.05) is 12.2 Å². The van der Waals surface area contributed by atoms with E-state index >= 15 is 0 Å². The second-order valence-electron chi connectivity index (χ2n) is 7.76. The molecule has 0 spiro atoms. The first kappa shape index (κ1) is 18.4. The molecule has 9 nitrogen and oxygen atoms in total. The molecule has 142 valence electrons. The number of nitrogens with one attached hydrogen (secondary N) is 1. The third-order valence-corrected chi connectivity index (χ3v) is 4.77. The number of nitrogens with zero attached hydrogens (tertiary/aromatic N) is 1. The van der Waals surface area contributed by atoms with Gasteiger partial charge in [-0.05, 0) is 39.0 Å². The van der Waals surface area contributed by atoms with Gasteiger partial charge in [-0.15, -0.1) is 5.06 Å². The Bertz CT molecular complexity index is 651. The summed E-state index contributed by atoms with van der Waals surface area (Å²) in [6.45, 7) is 4.15. The molecule has 1 aliphatic heterocycles. The molecule has 3 rings (SSSR count). The summed E-state index contributed by atoms with van der Waals surface area (Å²) in [7, 11) is 0. The molecular weight excluding hydrogens is 344 g/mol. The summed E-state index contributed by atoms with van der Waals surface area (Å²) < 4.78 is 5.00. The Morgan fingerprint density at radius 2 is 1.77 bits per heavy atom. The van der Waals surface area contributed by atoms with Gasteiger partial charge in [-0.3, -0.25) is 9.59 Å². The molecule has 9 heteroatoms. The first-order valence-corrected chi connectivity index (χ1v) is 8.50. The van der Waals surface area contributed by atoms with E-state index in [9.17, 15) is 24.3 Å². The van der Waals surface area contributed by atoms with E-state index in [4.69, 9.17) is 9.57 Å². The van der Waals surface area contributed by atoms with Crippen LogP contribution in [0.25, 0.3) is 0 Å². The zero-order valence-electron chi connectivity index (χ0n) is 14.8. The lowest BCUT2D eigenvalue weighted by Crippen LogP contribution is -2.49. The maximum absolute atomic E-state index is 12.5. The van der Waals surface area contributed by atoms with Crippen LogP contribution >= 0.6 is 0 Å². The Labute approximate surface area is 150 Å². The number of carbonyl (C=O) groups is 4. The molecule has 2 fully saturated rings. The van der Waals surface area contributed by atoms with Crippen LogP contribution in [-0.4, -0.2) is 52.3 Å². The molecule has 0 aromatic carbocycles. The second kappa shape index (κ2) is 6.39. The number of hydrogen-bond acceptors (Lipinski definition) is 7. The summed E-state index contributed by atoms with van der Waals surface area (Å²) in [5, 5.41) is 12.0. The molecular formula is C17H22N2O7. The van der Waals surface area contributed by atoms with Crippen molar-refractivity contribution in [3.8, 4) is 0 Å². The molecule has 0 radical (unpaired) electrons. The number of alkyl carbamates (subject to hydrolysis) is 1. The number of ether oxygens (including phenoxy) is 1. The summed E-state index contributed by atoms with van der Waals surface area (Å²) in [4.78, 5) is 53.8. The van der Waals surface area contributed by atoms with Crippen LogP contribution in [0, 0.1) is 23.7 Å². The van der Waals surface area contributed by atoms with Crippen molar-refractivity contribution in [3.05, 3.63) is 12.2 Å². The van der Waals surface area contributed by atoms with E-state index in [0.717, 1.165) is 6.42 Å². The molecule has 1 saturated carbocycles. The number of fused-ring (bicyclic) bond motifs is 5. The van der Waals surface area contributed by atoms with E-state index in [1.165, 1.54) is 0 Å². The quantitative estimate of drug-likeness (QED) is 0.536. The SMILES string of the molecule is CC(C)(C)OC(=O)N[C@@H](CO)C(=O)ON1C(=O)[C@@H]2[C@H](C1=O)[C@@H]1C=C[C@H]2C1. The van der Waals surface area contributed by atoms with Gasteiger partial charge in [0.15, 0.2) is 6.04 Å². The third-order valence-electron chi connectivity index (χ3n) is 4.77. The van der Waals surface area contributed by atoms with Crippen molar-refractivity contribution in [2.24, 2.45) is 23.7 Å². The average molecular weight is 366 g/mol. The van der Waals surface area contributed by atoms with Gasteiger partial charge in [0.1, 0.15) is 5.60 Å². The molecule has 0 aromatic heterocycles. The molecule has 2 N–H and O–H groups in total. The molecule has 1 saturated heterocycles. The molecule has 3 amide bonds. The highest BCUT2D eigenvalue weighted by Crippen LogP contribution is 2.52. The van der Waals surface area contributed by atoms with Gasteiger partial charge >= 0.3 is 12.1 Å². The molecule has 5 atom stereocenters. The van der Waals surface area contributed by atoms with Crippen LogP contribution in [-0.2, 0) is 24.0 Å². The van der Waals surface area contributed by atoms with Gasteiger partial charge in [-0.2, -0.15) is 0 Å². The Hall–Kier alpha value is -2.42. The fraction of sp³-hybridized carbons (Fsp3) is 0.647. The molecule has 3 aliphatic rings. The Morgan fingerprint density at radius 3 is 2.23 bits per heavy atom. The van der Waals surface area contributed by atoms with Crippen LogP contribution < -0.4 is 5.32 Å². The van der Waals surface area contributed by atoms with Crippen molar-refractivity contribution in [2.75, 3.05) is 6.61 Å². The van der Waals surface area contributed by atoms with Crippen molar-refractivity contribution >= 4 is 23.9 Å². The number of hydroxylamine groups is 2. The van der Waals surface area contributed by atoms with Crippen molar-refractivity contribution in [1.82, 2.24) is 10.4 Å². The Balaban J connectivity index is 1.63. The van der Waals surface area contributed by atoms with Crippen LogP contribution in [0.1, 0.15) is 27.2 Å². The smallest absolute Gasteiger partial charge is 0.408 e. The third kappa shape index (κ3) is 3.18. The van der Waals surface area contributed by atoms with Gasteiger partial charge in [0, 0.05) is 0 Å². The number of hydrogen-bond donors (Lipinski definition) is 2. The summed E-state index contributed by atoms with van der Waals surface area (Å²) in [5.41, 5.74) is -0.793. The number of rotatable bonds is 4. The molecule has 0 unspecified atom stereocenters. The maximum Gasteiger partial charge on any atom is 0.408 e. The Kier molecular flexibility index (Phi) is 4.51. The van der Waals surface area contributed by atoms with Gasteiger partial charge in [0.05, 0.1) is 18.4 Å². The molecule has 1 heterocycles. The lowest BCUT2D eigenvalue weighted by molar-refractivity contribution is -0.201. The van der Waals surface area contributed by atoms with E-state index < -0.39 is 54.0 Å². The van der Waals surface area contributed by atoms with E-state index in [1.54, 1.807) is 20.8 Å². The fourth-order valence-electron chi connectivity index (χ4n) is 3.75. The fourth-order valence-corrected chi connectivity index (χ4v) is 3.75. The molecule has 26 heavy (non-hydrogen) atoms. The zero-order valence-corrected chi connectivity index (χ0v) is 14.8. The number of imide groups is 1. The predicted molar refractivity (Wildman–Crippen MR) is 85.9 cm³/mol. The van der Waals surface area contributed by atoms with Crippen LogP contribution in [0.2, 0.25) is 0 Å². The van der Waals surface area contributed by atoms with Crippen LogP contribution in [0.15, 0.2) is 12.2 Å². The lowest BCUT2D eigenvalue weighted by atomic mass is 9.85. The molecule has 0 aromatic rings. The molecule has 2 aliphatic carbocycles. The van der Waals surface area contributed by atoms with Gasteiger partial charge in [-0.1, -0.05) is 12.2 Å². The van der Waals surface area contributed by atoms with E-state index in [2.05, 4.69) is 5.32 Å². The van der Waals surface area contributed by atoms with Gasteiger partial charge in [-0.25, -0.2) is 9.59 Å². The highest BCUT2D eigenvalue weighted by atomic mass is 16.7. The summed E-state index contributed by atoms with van der Waals surface area (Å²) in [5.74, 6) is -3.26. The predicted octanol–water partition coefficient (Wildman–Crippen LogP) is 0.137. The van der Waals surface area contributed by atoms with Crippen molar-refractivity contribution < 1.29 is 33.9 Å². The minimum absolute atomic E-state index is 0.0151. The number of aliphatic hydroxyl groups excluding tert-OH is 1. The average Bonchev–Trinajstić information content (AvgIpc) is 3.20. The normalized spacial score (nSPS) is 30.4. The topological polar surface area (TPSA) is 122 Å². The Morgan fingerprint density at radius 1 is 1.23 bits per heavy atom. The second-order valence-corrected chi connectivity index (χ2v) is 7.76. The number of aliphatic hydroxyl groups is 1. The summed E-state index contributed by atoms with van der Waals surface area (Å²) in [6.07, 6.45) is 3.67. The lowest BCUT2D eigenvalue weighted by Gasteiger charge is -2.23. The number of amides is 3. The monoisotopic (exact) mass is 366 g/mol. The van der Waals surface area contributed by atoms with Crippen molar-refractivity contribution in [1.29, 1.82) is 0 Å². The van der Waals surface area contributed by atoms with Crippen molar-refractivity contribution in [2.45, 2.75) is 38.8 Å². The number of allylic oxidation sites excluding steroid dienone is 2. The number of carbonyl (C=O) groups excluding carboxylic acids is 4. The van der Waals surface area contributed by atoms with Crippen LogP contribution in [0.5, 0.6) is 0 Å². The largest absolute Gasteiger partial charge is 0.444 e. The standard InChI is InChI=1S/C17H22N2O7/c1-17(2,3)25-16(24)18-10(7-20)15(23)26-19-13(21)11-8-4-5-9(6-8)12(11)14(19)22/h4-5,8-12,20H,6-7H2,1-3H3,(H,18,24)/t8-,9+,10-,11-,12+/m0/s1. The van der Waals surface area contributed by atoms with E-state index in [0.29, 0.717) is 5.06 Å². The van der Waals surface area contributed by atoms with E-state index in [-0.39, 0.29) is 11.8 Å². The van der Waals surface area contributed by atoms with Crippen LogP contribution in [0.4, 0.5) is 4.79 Å². The van der Waals surface area contributed by atoms with Crippen molar-refractivity contribution in [3.63, 3.8) is 0 Å². The van der Waals surface area contributed by atoms with Gasteiger partial charge < -0.3 is 20.0 Å². The first-order valence-electron chi connectivity index (χ1n) is 8.50. The minimum atomic E-state index is -1.46. The summed E-state index contributed by atoms with van der Waals surface area (Å²) in [6, 6.07) is -1.46. The zero-order chi connectivity index (χ0) is 19.2. The molecule has 2 bridgehead atoms. The van der Waals surface area contributed by atoms with Gasteiger partial charge in [0.2, 0.25) is 0 Å².